The van der Waals surface area contributed by atoms with E-state index in [0.717, 1.165) is 10.2 Å². The molecule has 0 N–H and O–H groups in total. The van der Waals surface area contributed by atoms with E-state index < -0.39 is 0 Å². The molecular formula is C16H17BrO2. The highest BCUT2D eigenvalue weighted by Crippen LogP contribution is 2.17. The van der Waals surface area contributed by atoms with Crippen LogP contribution in [0, 0.1) is 0 Å². The quantitative estimate of drug-likeness (QED) is 0.724. The van der Waals surface area contributed by atoms with E-state index in [1.807, 2.05) is 42.5 Å². The normalized spacial score (nSPS) is 12.1. The molecule has 0 radical (unpaired) electrons. The summed E-state index contributed by atoms with van der Waals surface area (Å²) in [4.78, 5) is 0. The molecule has 3 heteroatoms. The van der Waals surface area contributed by atoms with Gasteiger partial charge in [0.2, 0.25) is 0 Å². The van der Waals surface area contributed by atoms with Crippen molar-refractivity contribution in [3.63, 3.8) is 0 Å². The van der Waals surface area contributed by atoms with Gasteiger partial charge in [-0.25, -0.2) is 0 Å². The van der Waals surface area contributed by atoms with E-state index in [2.05, 4.69) is 35.0 Å². The van der Waals surface area contributed by atoms with Gasteiger partial charge < -0.3 is 9.47 Å². The maximum absolute atomic E-state index is 5.74. The molecule has 0 saturated heterocycles. The highest BCUT2D eigenvalue weighted by Gasteiger charge is 2.04. The first-order valence-electron chi connectivity index (χ1n) is 6.30. The summed E-state index contributed by atoms with van der Waals surface area (Å²) in [6, 6.07) is 18.0. The van der Waals surface area contributed by atoms with Crippen molar-refractivity contribution in [2.24, 2.45) is 0 Å². The molecule has 2 rings (SSSR count). The second kappa shape index (κ2) is 7.31. The van der Waals surface area contributed by atoms with Crippen LogP contribution < -0.4 is 4.74 Å². The van der Waals surface area contributed by atoms with E-state index in [1.165, 1.54) is 5.56 Å². The standard InChI is InChI=1S/C16H17BrO2/c1-13(14-5-3-2-4-6-14)18-11-12-19-16-9-7-15(17)8-10-16/h2-10,13H,11-12H2,1H3. The Morgan fingerprint density at radius 2 is 1.63 bits per heavy atom. The number of halogens is 1. The largest absolute Gasteiger partial charge is 0.491 e. The molecule has 1 unspecified atom stereocenters. The van der Waals surface area contributed by atoms with Gasteiger partial charge in [0.25, 0.3) is 0 Å². The molecule has 0 aliphatic rings. The Morgan fingerprint density at radius 3 is 2.32 bits per heavy atom. The summed E-state index contributed by atoms with van der Waals surface area (Å²) >= 11 is 3.39. The van der Waals surface area contributed by atoms with Crippen LogP contribution in [-0.4, -0.2) is 13.2 Å². The summed E-state index contributed by atoms with van der Waals surface area (Å²) in [5.41, 5.74) is 1.19. The molecule has 2 aromatic rings. The van der Waals surface area contributed by atoms with Crippen molar-refractivity contribution in [3.8, 4) is 5.75 Å². The predicted molar refractivity (Wildman–Crippen MR) is 80.4 cm³/mol. The lowest BCUT2D eigenvalue weighted by Gasteiger charge is -2.13. The molecule has 0 bridgehead atoms. The second-order valence-corrected chi connectivity index (χ2v) is 5.14. The lowest BCUT2D eigenvalue weighted by Crippen LogP contribution is -2.09. The Labute approximate surface area is 122 Å². The molecule has 2 nitrogen and oxygen atoms in total. The summed E-state index contributed by atoms with van der Waals surface area (Å²) in [5.74, 6) is 0.860. The smallest absolute Gasteiger partial charge is 0.119 e. The molecule has 0 aromatic heterocycles. The van der Waals surface area contributed by atoms with Crippen LogP contribution >= 0.6 is 15.9 Å². The molecule has 100 valence electrons. The number of benzene rings is 2. The number of rotatable bonds is 6. The SMILES string of the molecule is CC(OCCOc1ccc(Br)cc1)c1ccccc1. The van der Waals surface area contributed by atoms with Crippen molar-refractivity contribution in [3.05, 3.63) is 64.6 Å². The summed E-state index contributed by atoms with van der Waals surface area (Å²) in [6.45, 7) is 3.18. The van der Waals surface area contributed by atoms with Crippen LogP contribution in [0.3, 0.4) is 0 Å². The molecule has 0 aliphatic heterocycles. The number of hydrogen-bond donors (Lipinski definition) is 0. The molecule has 0 spiro atoms. The average molecular weight is 321 g/mol. The van der Waals surface area contributed by atoms with E-state index in [-0.39, 0.29) is 6.10 Å². The zero-order chi connectivity index (χ0) is 13.5. The van der Waals surface area contributed by atoms with Crippen molar-refractivity contribution in [1.29, 1.82) is 0 Å². The fourth-order valence-corrected chi connectivity index (χ4v) is 2.00. The van der Waals surface area contributed by atoms with Gasteiger partial charge in [-0.2, -0.15) is 0 Å². The Bertz CT molecular complexity index is 482. The van der Waals surface area contributed by atoms with Gasteiger partial charge in [-0.15, -0.1) is 0 Å². The van der Waals surface area contributed by atoms with Crippen molar-refractivity contribution in [2.45, 2.75) is 13.0 Å². The molecule has 0 aliphatic carbocycles. The highest BCUT2D eigenvalue weighted by atomic mass is 79.9. The van der Waals surface area contributed by atoms with Gasteiger partial charge in [-0.05, 0) is 36.8 Å². The van der Waals surface area contributed by atoms with E-state index in [0.29, 0.717) is 13.2 Å². The maximum Gasteiger partial charge on any atom is 0.119 e. The van der Waals surface area contributed by atoms with Crippen molar-refractivity contribution < 1.29 is 9.47 Å². The minimum absolute atomic E-state index is 0.0923. The minimum atomic E-state index is 0.0923. The summed E-state index contributed by atoms with van der Waals surface area (Å²) in [7, 11) is 0. The van der Waals surface area contributed by atoms with Crippen LogP contribution in [0.15, 0.2) is 59.1 Å². The fraction of sp³-hybridized carbons (Fsp3) is 0.250. The van der Waals surface area contributed by atoms with Crippen LogP contribution in [0.5, 0.6) is 5.75 Å². The summed E-state index contributed by atoms with van der Waals surface area (Å²) in [6.07, 6.45) is 0.0923. The van der Waals surface area contributed by atoms with Gasteiger partial charge >= 0.3 is 0 Å². The van der Waals surface area contributed by atoms with Gasteiger partial charge in [0.15, 0.2) is 0 Å². The third-order valence-electron chi connectivity index (χ3n) is 2.80. The Morgan fingerprint density at radius 1 is 0.947 bits per heavy atom. The third kappa shape index (κ3) is 4.69. The highest BCUT2D eigenvalue weighted by molar-refractivity contribution is 9.10. The molecule has 2 aromatic carbocycles. The molecule has 0 saturated carbocycles. The van der Waals surface area contributed by atoms with Gasteiger partial charge in [-0.1, -0.05) is 46.3 Å². The van der Waals surface area contributed by atoms with Crippen LogP contribution in [0.25, 0.3) is 0 Å². The molecular weight excluding hydrogens is 304 g/mol. The van der Waals surface area contributed by atoms with Gasteiger partial charge in [0.05, 0.1) is 12.7 Å². The topological polar surface area (TPSA) is 18.5 Å². The zero-order valence-corrected chi connectivity index (χ0v) is 12.5. The fourth-order valence-electron chi connectivity index (χ4n) is 1.74. The van der Waals surface area contributed by atoms with E-state index in [4.69, 9.17) is 9.47 Å². The van der Waals surface area contributed by atoms with E-state index in [9.17, 15) is 0 Å². The number of hydrogen-bond acceptors (Lipinski definition) is 2. The lowest BCUT2D eigenvalue weighted by atomic mass is 10.1. The van der Waals surface area contributed by atoms with Crippen molar-refractivity contribution in [1.82, 2.24) is 0 Å². The van der Waals surface area contributed by atoms with Gasteiger partial charge in [-0.3, -0.25) is 0 Å². The van der Waals surface area contributed by atoms with Crippen LogP contribution in [0.4, 0.5) is 0 Å². The first kappa shape index (κ1) is 14.1. The molecule has 19 heavy (non-hydrogen) atoms. The Balaban J connectivity index is 1.71. The monoisotopic (exact) mass is 320 g/mol. The van der Waals surface area contributed by atoms with Crippen LogP contribution in [0.1, 0.15) is 18.6 Å². The van der Waals surface area contributed by atoms with Crippen LogP contribution in [0.2, 0.25) is 0 Å². The van der Waals surface area contributed by atoms with Crippen molar-refractivity contribution in [2.75, 3.05) is 13.2 Å². The zero-order valence-electron chi connectivity index (χ0n) is 10.9. The van der Waals surface area contributed by atoms with Gasteiger partial charge in [0, 0.05) is 4.47 Å². The first-order valence-corrected chi connectivity index (χ1v) is 7.10. The number of ether oxygens (including phenoxy) is 2. The van der Waals surface area contributed by atoms with Crippen LogP contribution in [-0.2, 0) is 4.74 Å². The Kier molecular flexibility index (Phi) is 5.43. The molecule has 0 heterocycles. The lowest BCUT2D eigenvalue weighted by molar-refractivity contribution is 0.0439. The third-order valence-corrected chi connectivity index (χ3v) is 3.33. The van der Waals surface area contributed by atoms with E-state index in [1.54, 1.807) is 0 Å². The first-order chi connectivity index (χ1) is 9.25. The van der Waals surface area contributed by atoms with E-state index >= 15 is 0 Å². The summed E-state index contributed by atoms with van der Waals surface area (Å²) < 4.78 is 12.4. The molecule has 0 fully saturated rings. The molecule has 0 amide bonds. The minimum Gasteiger partial charge on any atom is -0.491 e. The van der Waals surface area contributed by atoms with Crippen molar-refractivity contribution >= 4 is 15.9 Å². The predicted octanol–water partition coefficient (Wildman–Crippen LogP) is 4.61. The molecule has 1 atom stereocenters. The average Bonchev–Trinajstić information content (AvgIpc) is 2.46. The summed E-state index contributed by atoms with van der Waals surface area (Å²) in [5, 5.41) is 0. The maximum atomic E-state index is 5.74. The second-order valence-electron chi connectivity index (χ2n) is 4.23. The Hall–Kier alpha value is -1.32. The van der Waals surface area contributed by atoms with Gasteiger partial charge in [0.1, 0.15) is 12.4 Å².